The number of carbonyl (C=O) groups excluding carboxylic acids is 1. The van der Waals surface area contributed by atoms with Crippen molar-refractivity contribution in [2.45, 2.75) is 19.4 Å². The summed E-state index contributed by atoms with van der Waals surface area (Å²) in [4.78, 5) is 24.7. The van der Waals surface area contributed by atoms with Crippen LogP contribution in [0, 0.1) is 0 Å². The lowest BCUT2D eigenvalue weighted by Crippen LogP contribution is -2.45. The van der Waals surface area contributed by atoms with Gasteiger partial charge in [0.15, 0.2) is 11.5 Å². The van der Waals surface area contributed by atoms with Crippen LogP contribution in [0.5, 0.6) is 11.5 Å². The van der Waals surface area contributed by atoms with Crippen LogP contribution in [0.4, 0.5) is 0 Å². The minimum atomic E-state index is -0.948. The molecule has 2 rings (SSSR count). The van der Waals surface area contributed by atoms with Gasteiger partial charge in [-0.3, -0.25) is 9.59 Å². The molecule has 142 valence electrons. The van der Waals surface area contributed by atoms with Gasteiger partial charge in [0.05, 0.1) is 37.9 Å². The predicted molar refractivity (Wildman–Crippen MR) is 96.8 cm³/mol. The number of aliphatic carboxylic acids is 1. The molecule has 0 aromatic heterocycles. The normalized spacial score (nSPS) is 17.3. The third kappa shape index (κ3) is 5.37. The second-order valence-corrected chi connectivity index (χ2v) is 6.08. The maximum Gasteiger partial charge on any atom is 0.306 e. The van der Waals surface area contributed by atoms with Crippen molar-refractivity contribution in [3.63, 3.8) is 0 Å². The van der Waals surface area contributed by atoms with Gasteiger partial charge in [0, 0.05) is 19.2 Å². The minimum absolute atomic E-state index is 0.126. The highest BCUT2D eigenvalue weighted by molar-refractivity contribution is 6.32. The Balaban J connectivity index is 2.07. The molecule has 1 aromatic rings. The Bertz CT molecular complexity index is 691. The van der Waals surface area contributed by atoms with Crippen molar-refractivity contribution in [2.75, 3.05) is 33.4 Å². The van der Waals surface area contributed by atoms with Crippen LogP contribution in [0.2, 0.25) is 5.02 Å². The molecule has 8 heteroatoms. The van der Waals surface area contributed by atoms with E-state index < -0.39 is 12.1 Å². The summed E-state index contributed by atoms with van der Waals surface area (Å²) in [7, 11) is 1.52. The zero-order valence-corrected chi connectivity index (χ0v) is 15.5. The number of carbonyl (C=O) groups is 2. The highest BCUT2D eigenvalue weighted by Gasteiger charge is 2.24. The Kier molecular flexibility index (Phi) is 7.29. The number of methoxy groups -OCH3 is 1. The Morgan fingerprint density at radius 1 is 1.46 bits per heavy atom. The lowest BCUT2D eigenvalue weighted by Gasteiger charge is -2.31. The van der Waals surface area contributed by atoms with E-state index in [4.69, 9.17) is 30.9 Å². The van der Waals surface area contributed by atoms with Crippen LogP contribution in [0.1, 0.15) is 18.9 Å². The maximum absolute atomic E-state index is 12.4. The Labute approximate surface area is 157 Å². The molecule has 1 amide bonds. The molecule has 1 aliphatic rings. The molecule has 0 bridgehead atoms. The van der Waals surface area contributed by atoms with Crippen LogP contribution in [-0.4, -0.2) is 61.4 Å². The monoisotopic (exact) mass is 383 g/mol. The first-order valence-electron chi connectivity index (χ1n) is 8.25. The fourth-order valence-corrected chi connectivity index (χ4v) is 2.90. The summed E-state index contributed by atoms with van der Waals surface area (Å²) in [6, 6.07) is 3.42. The molecule has 0 saturated carbocycles. The number of hydrogen-bond acceptors (Lipinski definition) is 5. The average molecular weight is 384 g/mol. The highest BCUT2D eigenvalue weighted by Crippen LogP contribution is 2.36. The summed E-state index contributed by atoms with van der Waals surface area (Å²) in [5.41, 5.74) is 0.694. The van der Waals surface area contributed by atoms with Gasteiger partial charge in [-0.15, -0.1) is 0 Å². The largest absolute Gasteiger partial charge is 0.493 e. The predicted octanol–water partition coefficient (Wildman–Crippen LogP) is 2.46. The van der Waals surface area contributed by atoms with Crippen molar-refractivity contribution in [3.05, 3.63) is 28.8 Å². The van der Waals surface area contributed by atoms with E-state index in [2.05, 4.69) is 0 Å². The van der Waals surface area contributed by atoms with Crippen LogP contribution in [0.25, 0.3) is 6.08 Å². The fourth-order valence-electron chi connectivity index (χ4n) is 2.63. The minimum Gasteiger partial charge on any atom is -0.493 e. The summed E-state index contributed by atoms with van der Waals surface area (Å²) in [6.45, 7) is 3.30. The standard InChI is InChI=1S/C18H22ClNO6/c1-3-25-18-14(19)8-12(9-15(18)24-2)4-5-16(21)20-6-7-26-13(11-20)10-17(22)23/h4-5,8-9,13H,3,6-7,10-11H2,1-2H3,(H,22,23)/b5-4+. The van der Waals surface area contributed by atoms with E-state index in [9.17, 15) is 9.59 Å². The van der Waals surface area contributed by atoms with Crippen LogP contribution in [0.3, 0.4) is 0 Å². The highest BCUT2D eigenvalue weighted by atomic mass is 35.5. The zero-order chi connectivity index (χ0) is 19.1. The molecule has 26 heavy (non-hydrogen) atoms. The van der Waals surface area contributed by atoms with Gasteiger partial charge in [-0.1, -0.05) is 11.6 Å². The number of benzene rings is 1. The van der Waals surface area contributed by atoms with Gasteiger partial charge >= 0.3 is 5.97 Å². The Morgan fingerprint density at radius 3 is 2.88 bits per heavy atom. The van der Waals surface area contributed by atoms with Crippen LogP contribution in [-0.2, 0) is 14.3 Å². The van der Waals surface area contributed by atoms with Crippen LogP contribution in [0.15, 0.2) is 18.2 Å². The number of carboxylic acid groups (broad SMARTS) is 1. The number of nitrogens with zero attached hydrogens (tertiary/aromatic N) is 1. The van der Waals surface area contributed by atoms with E-state index >= 15 is 0 Å². The van der Waals surface area contributed by atoms with Gasteiger partial charge in [-0.2, -0.15) is 0 Å². The molecule has 1 aliphatic heterocycles. The average Bonchev–Trinajstić information content (AvgIpc) is 2.61. The Hall–Kier alpha value is -2.25. The van der Waals surface area contributed by atoms with Gasteiger partial charge in [0.1, 0.15) is 0 Å². The smallest absolute Gasteiger partial charge is 0.306 e. The van der Waals surface area contributed by atoms with Crippen molar-refractivity contribution in [2.24, 2.45) is 0 Å². The number of morpholine rings is 1. The summed E-state index contributed by atoms with van der Waals surface area (Å²) in [5.74, 6) is -0.215. The number of carboxylic acids is 1. The number of rotatable bonds is 7. The molecule has 1 heterocycles. The molecule has 1 aromatic carbocycles. The fraction of sp³-hybridized carbons (Fsp3) is 0.444. The first-order chi connectivity index (χ1) is 12.4. The van der Waals surface area contributed by atoms with Crippen molar-refractivity contribution < 1.29 is 28.9 Å². The quantitative estimate of drug-likeness (QED) is 0.728. The number of hydrogen-bond donors (Lipinski definition) is 1. The molecule has 0 aliphatic carbocycles. The summed E-state index contributed by atoms with van der Waals surface area (Å²) >= 11 is 6.22. The molecule has 1 N–H and O–H groups in total. The van der Waals surface area contributed by atoms with E-state index in [1.54, 1.807) is 23.1 Å². The molecular formula is C18H22ClNO6. The summed E-state index contributed by atoms with van der Waals surface area (Å²) in [6.07, 6.45) is 2.45. The lowest BCUT2D eigenvalue weighted by molar-refractivity contribution is -0.145. The van der Waals surface area contributed by atoms with Crippen LogP contribution >= 0.6 is 11.6 Å². The second-order valence-electron chi connectivity index (χ2n) is 5.68. The van der Waals surface area contributed by atoms with Crippen LogP contribution < -0.4 is 9.47 Å². The molecule has 7 nitrogen and oxygen atoms in total. The summed E-state index contributed by atoms with van der Waals surface area (Å²) in [5, 5.41) is 9.24. The molecule has 0 spiro atoms. The SMILES string of the molecule is CCOc1c(Cl)cc(/C=C/C(=O)N2CCOC(CC(=O)O)C2)cc1OC. The topological polar surface area (TPSA) is 85.3 Å². The lowest BCUT2D eigenvalue weighted by atomic mass is 10.1. The third-order valence-corrected chi connectivity index (χ3v) is 4.09. The van der Waals surface area contributed by atoms with E-state index in [1.807, 2.05) is 6.92 Å². The maximum atomic E-state index is 12.4. The molecule has 1 unspecified atom stereocenters. The van der Waals surface area contributed by atoms with Crippen molar-refractivity contribution >= 4 is 29.6 Å². The number of amides is 1. The van der Waals surface area contributed by atoms with Crippen molar-refractivity contribution in [1.82, 2.24) is 4.90 Å². The number of halogens is 1. The van der Waals surface area contributed by atoms with E-state index in [0.29, 0.717) is 41.8 Å². The van der Waals surface area contributed by atoms with E-state index in [-0.39, 0.29) is 18.9 Å². The van der Waals surface area contributed by atoms with Gasteiger partial charge in [-0.05, 0) is 30.7 Å². The summed E-state index contributed by atoms with van der Waals surface area (Å²) < 4.78 is 16.1. The Morgan fingerprint density at radius 2 is 2.23 bits per heavy atom. The van der Waals surface area contributed by atoms with Gasteiger partial charge in [-0.25, -0.2) is 0 Å². The first-order valence-corrected chi connectivity index (χ1v) is 8.63. The molecule has 0 radical (unpaired) electrons. The van der Waals surface area contributed by atoms with Crippen molar-refractivity contribution in [3.8, 4) is 11.5 Å². The van der Waals surface area contributed by atoms with Gasteiger partial charge < -0.3 is 24.2 Å². The van der Waals surface area contributed by atoms with Gasteiger partial charge in [0.2, 0.25) is 5.91 Å². The molecular weight excluding hydrogens is 362 g/mol. The van der Waals surface area contributed by atoms with E-state index in [1.165, 1.54) is 13.2 Å². The van der Waals surface area contributed by atoms with E-state index in [0.717, 1.165) is 0 Å². The molecule has 1 saturated heterocycles. The first kappa shape index (κ1) is 20.1. The number of ether oxygens (including phenoxy) is 3. The van der Waals surface area contributed by atoms with Gasteiger partial charge in [0.25, 0.3) is 0 Å². The second kappa shape index (κ2) is 9.45. The molecule has 1 atom stereocenters. The van der Waals surface area contributed by atoms with Crippen molar-refractivity contribution in [1.29, 1.82) is 0 Å². The molecule has 1 fully saturated rings. The third-order valence-electron chi connectivity index (χ3n) is 3.81. The zero-order valence-electron chi connectivity index (χ0n) is 14.7.